The van der Waals surface area contributed by atoms with Crippen LogP contribution < -0.4 is 5.32 Å². The molecule has 104 valence electrons. The molecule has 2 fully saturated rings. The molecular formula is C14H25NO3. The molecule has 0 aromatic heterocycles. The smallest absolute Gasteiger partial charge is 0.332 e. The SMILES string of the molecule is CC1(CNCC2CCC(C(=O)O)O2)CCCCC1. The lowest BCUT2D eigenvalue weighted by molar-refractivity contribution is -0.149. The molecule has 0 amide bonds. The molecule has 1 saturated carbocycles. The third-order valence-corrected chi connectivity index (χ3v) is 4.37. The van der Waals surface area contributed by atoms with Gasteiger partial charge in [-0.1, -0.05) is 26.2 Å². The van der Waals surface area contributed by atoms with E-state index in [2.05, 4.69) is 12.2 Å². The first-order chi connectivity index (χ1) is 8.59. The highest BCUT2D eigenvalue weighted by Crippen LogP contribution is 2.35. The summed E-state index contributed by atoms with van der Waals surface area (Å²) in [6.45, 7) is 4.18. The summed E-state index contributed by atoms with van der Waals surface area (Å²) in [5, 5.41) is 12.3. The van der Waals surface area contributed by atoms with Gasteiger partial charge < -0.3 is 15.2 Å². The van der Waals surface area contributed by atoms with Gasteiger partial charge in [0.25, 0.3) is 0 Å². The van der Waals surface area contributed by atoms with Gasteiger partial charge in [0.15, 0.2) is 6.10 Å². The predicted octanol–water partition coefficient (Wildman–Crippen LogP) is 2.18. The lowest BCUT2D eigenvalue weighted by atomic mass is 9.76. The van der Waals surface area contributed by atoms with Crippen LogP contribution >= 0.6 is 0 Å². The van der Waals surface area contributed by atoms with Crippen molar-refractivity contribution in [3.05, 3.63) is 0 Å². The van der Waals surface area contributed by atoms with Gasteiger partial charge in [-0.2, -0.15) is 0 Å². The Kier molecular flexibility index (Phi) is 4.62. The molecular weight excluding hydrogens is 230 g/mol. The number of carboxylic acid groups (broad SMARTS) is 1. The van der Waals surface area contributed by atoms with Crippen molar-refractivity contribution in [2.75, 3.05) is 13.1 Å². The number of aliphatic carboxylic acids is 1. The second-order valence-electron chi connectivity index (χ2n) is 6.16. The Morgan fingerprint density at radius 2 is 2.06 bits per heavy atom. The maximum Gasteiger partial charge on any atom is 0.332 e. The minimum atomic E-state index is -0.822. The highest BCUT2D eigenvalue weighted by atomic mass is 16.5. The van der Waals surface area contributed by atoms with Crippen molar-refractivity contribution in [3.63, 3.8) is 0 Å². The molecule has 1 aliphatic heterocycles. The van der Waals surface area contributed by atoms with Crippen LogP contribution in [0.25, 0.3) is 0 Å². The molecule has 0 aromatic rings. The van der Waals surface area contributed by atoms with Gasteiger partial charge in [-0.05, 0) is 31.1 Å². The molecule has 1 saturated heterocycles. The average molecular weight is 255 g/mol. The van der Waals surface area contributed by atoms with E-state index in [1.807, 2.05) is 0 Å². The third kappa shape index (κ3) is 3.69. The molecule has 2 aliphatic rings. The molecule has 18 heavy (non-hydrogen) atoms. The van der Waals surface area contributed by atoms with Gasteiger partial charge in [0.05, 0.1) is 6.10 Å². The Labute approximate surface area is 109 Å². The van der Waals surface area contributed by atoms with E-state index in [-0.39, 0.29) is 6.10 Å². The van der Waals surface area contributed by atoms with Crippen molar-refractivity contribution in [2.24, 2.45) is 5.41 Å². The fraction of sp³-hybridized carbons (Fsp3) is 0.929. The summed E-state index contributed by atoms with van der Waals surface area (Å²) in [6, 6.07) is 0. The summed E-state index contributed by atoms with van der Waals surface area (Å²) in [6.07, 6.45) is 7.70. The number of hydrogen-bond acceptors (Lipinski definition) is 3. The fourth-order valence-electron chi connectivity index (χ4n) is 3.15. The third-order valence-electron chi connectivity index (χ3n) is 4.37. The Balaban J connectivity index is 1.65. The lowest BCUT2D eigenvalue weighted by Crippen LogP contribution is -2.37. The summed E-state index contributed by atoms with van der Waals surface area (Å²) in [5.41, 5.74) is 0.434. The van der Waals surface area contributed by atoms with Crippen LogP contribution in [0.5, 0.6) is 0 Å². The second-order valence-corrected chi connectivity index (χ2v) is 6.16. The van der Waals surface area contributed by atoms with Crippen LogP contribution in [0.2, 0.25) is 0 Å². The van der Waals surface area contributed by atoms with E-state index in [1.54, 1.807) is 0 Å². The lowest BCUT2D eigenvalue weighted by Gasteiger charge is -2.34. The van der Waals surface area contributed by atoms with Gasteiger partial charge in [0.1, 0.15) is 0 Å². The monoisotopic (exact) mass is 255 g/mol. The quantitative estimate of drug-likeness (QED) is 0.790. The second kappa shape index (κ2) is 6.02. The summed E-state index contributed by atoms with van der Waals surface area (Å²) >= 11 is 0. The molecule has 2 rings (SSSR count). The van der Waals surface area contributed by atoms with Gasteiger partial charge in [-0.3, -0.25) is 0 Å². The topological polar surface area (TPSA) is 58.6 Å². The Bertz CT molecular complexity index is 287. The van der Waals surface area contributed by atoms with Gasteiger partial charge in [0, 0.05) is 13.1 Å². The van der Waals surface area contributed by atoms with E-state index in [0.717, 1.165) is 19.5 Å². The van der Waals surface area contributed by atoms with Crippen LogP contribution in [0.1, 0.15) is 51.9 Å². The number of ether oxygens (including phenoxy) is 1. The van der Waals surface area contributed by atoms with E-state index in [4.69, 9.17) is 9.84 Å². The molecule has 2 unspecified atom stereocenters. The number of nitrogens with one attached hydrogen (secondary N) is 1. The van der Waals surface area contributed by atoms with Crippen LogP contribution in [0.15, 0.2) is 0 Å². The number of carboxylic acids is 1. The first kappa shape index (κ1) is 13.8. The first-order valence-corrected chi connectivity index (χ1v) is 7.18. The van der Waals surface area contributed by atoms with Crippen molar-refractivity contribution < 1.29 is 14.6 Å². The molecule has 4 heteroatoms. The maximum absolute atomic E-state index is 10.8. The van der Waals surface area contributed by atoms with E-state index >= 15 is 0 Å². The Morgan fingerprint density at radius 1 is 1.33 bits per heavy atom. The van der Waals surface area contributed by atoms with Gasteiger partial charge >= 0.3 is 5.97 Å². The van der Waals surface area contributed by atoms with Gasteiger partial charge in [-0.25, -0.2) is 4.79 Å². The fourth-order valence-corrected chi connectivity index (χ4v) is 3.15. The molecule has 0 radical (unpaired) electrons. The van der Waals surface area contributed by atoms with Crippen molar-refractivity contribution in [1.29, 1.82) is 0 Å². The highest BCUT2D eigenvalue weighted by molar-refractivity contribution is 5.72. The minimum Gasteiger partial charge on any atom is -0.479 e. The van der Waals surface area contributed by atoms with Crippen molar-refractivity contribution in [2.45, 2.75) is 64.1 Å². The van der Waals surface area contributed by atoms with Crippen molar-refractivity contribution in [1.82, 2.24) is 5.32 Å². The van der Waals surface area contributed by atoms with Crippen LogP contribution in [-0.2, 0) is 9.53 Å². The van der Waals surface area contributed by atoms with Crippen LogP contribution in [-0.4, -0.2) is 36.4 Å². The predicted molar refractivity (Wildman–Crippen MR) is 69.6 cm³/mol. The van der Waals surface area contributed by atoms with Gasteiger partial charge in [0.2, 0.25) is 0 Å². The zero-order valence-corrected chi connectivity index (χ0v) is 11.3. The van der Waals surface area contributed by atoms with Gasteiger partial charge in [-0.15, -0.1) is 0 Å². The molecule has 1 heterocycles. The average Bonchev–Trinajstić information content (AvgIpc) is 2.78. The minimum absolute atomic E-state index is 0.0818. The van der Waals surface area contributed by atoms with Crippen LogP contribution in [0.4, 0.5) is 0 Å². The maximum atomic E-state index is 10.8. The van der Waals surface area contributed by atoms with E-state index in [1.165, 1.54) is 32.1 Å². The standard InChI is InChI=1S/C14H25NO3/c1-14(7-3-2-4-8-14)10-15-9-11-5-6-12(18-11)13(16)17/h11-12,15H,2-10H2,1H3,(H,16,17). The van der Waals surface area contributed by atoms with Crippen LogP contribution in [0, 0.1) is 5.41 Å². The molecule has 1 aliphatic carbocycles. The molecule has 4 nitrogen and oxygen atoms in total. The molecule has 0 bridgehead atoms. The Morgan fingerprint density at radius 3 is 2.67 bits per heavy atom. The summed E-state index contributed by atoms with van der Waals surface area (Å²) in [5.74, 6) is -0.822. The summed E-state index contributed by atoms with van der Waals surface area (Å²) < 4.78 is 5.48. The molecule has 0 aromatic carbocycles. The summed E-state index contributed by atoms with van der Waals surface area (Å²) in [7, 11) is 0. The zero-order valence-electron chi connectivity index (χ0n) is 11.3. The summed E-state index contributed by atoms with van der Waals surface area (Å²) in [4.78, 5) is 10.8. The van der Waals surface area contributed by atoms with Crippen LogP contribution in [0.3, 0.4) is 0 Å². The molecule has 0 spiro atoms. The van der Waals surface area contributed by atoms with Crippen molar-refractivity contribution >= 4 is 5.97 Å². The molecule has 2 atom stereocenters. The molecule has 2 N–H and O–H groups in total. The van der Waals surface area contributed by atoms with E-state index in [0.29, 0.717) is 11.8 Å². The van der Waals surface area contributed by atoms with E-state index in [9.17, 15) is 4.79 Å². The first-order valence-electron chi connectivity index (χ1n) is 7.18. The normalized spacial score (nSPS) is 31.4. The van der Waals surface area contributed by atoms with Crippen molar-refractivity contribution in [3.8, 4) is 0 Å². The van der Waals surface area contributed by atoms with E-state index < -0.39 is 12.1 Å². The number of hydrogen-bond donors (Lipinski definition) is 2. The number of carbonyl (C=O) groups is 1. The largest absolute Gasteiger partial charge is 0.479 e. The zero-order chi connectivity index (χ0) is 13.0. The Hall–Kier alpha value is -0.610. The number of rotatable bonds is 5. The highest BCUT2D eigenvalue weighted by Gasteiger charge is 2.31.